The Hall–Kier alpha value is -2.41. The van der Waals surface area contributed by atoms with Crippen LogP contribution in [0.25, 0.3) is 0 Å². The second-order valence-corrected chi connectivity index (χ2v) is 3.60. The molecule has 0 aliphatic heterocycles. The molecule has 0 aliphatic carbocycles. The smallest absolute Gasteiger partial charge is 0.330 e. The van der Waals surface area contributed by atoms with E-state index in [1.165, 1.54) is 13.8 Å². The monoisotopic (exact) mass is 302 g/mol. The zero-order chi connectivity index (χ0) is 17.4. The molecule has 21 heavy (non-hydrogen) atoms. The Morgan fingerprint density at radius 1 is 1.10 bits per heavy atom. The van der Waals surface area contributed by atoms with E-state index in [1.807, 2.05) is 0 Å². The lowest BCUT2D eigenvalue weighted by Crippen LogP contribution is -1.99. The lowest BCUT2D eigenvalue weighted by Gasteiger charge is -1.94. The highest BCUT2D eigenvalue weighted by molar-refractivity contribution is 5.85. The minimum Gasteiger partial charge on any atom is -0.478 e. The van der Waals surface area contributed by atoms with Crippen molar-refractivity contribution in [1.29, 1.82) is 0 Å². The molecule has 0 rings (SSSR count). The third-order valence-electron chi connectivity index (χ3n) is 1.55. The van der Waals surface area contributed by atoms with Gasteiger partial charge >= 0.3 is 17.9 Å². The number of carboxylic acid groups (broad SMARTS) is 2. The quantitative estimate of drug-likeness (QED) is 0.388. The van der Waals surface area contributed by atoms with Crippen LogP contribution in [0.2, 0.25) is 0 Å². The molecule has 0 amide bonds. The molecule has 0 saturated carbocycles. The first-order valence-electron chi connectivity index (χ1n) is 5.78. The zero-order valence-corrected chi connectivity index (χ0v) is 12.3. The van der Waals surface area contributed by atoms with Crippen LogP contribution in [0, 0.1) is 0 Å². The molecule has 0 radical (unpaired) electrons. The molecule has 0 aliphatic rings. The van der Waals surface area contributed by atoms with Crippen LogP contribution >= 0.6 is 0 Å². The van der Waals surface area contributed by atoms with Gasteiger partial charge in [-0.15, -0.1) is 0 Å². The number of aliphatic carboxylic acids is 2. The SMILES string of the molecule is C=C(C)C(=O)O.C=C(CCCO)C(=O)O.C=COC(C)=O. The van der Waals surface area contributed by atoms with Crippen LogP contribution in [0.15, 0.2) is 37.1 Å². The van der Waals surface area contributed by atoms with Gasteiger partial charge in [0.05, 0.1) is 6.26 Å². The highest BCUT2D eigenvalue weighted by Crippen LogP contribution is 2.00. The minimum absolute atomic E-state index is 0.0201. The number of aliphatic hydroxyl groups is 1. The van der Waals surface area contributed by atoms with Gasteiger partial charge in [0, 0.05) is 24.7 Å². The fourth-order valence-corrected chi connectivity index (χ4v) is 0.517. The van der Waals surface area contributed by atoms with E-state index >= 15 is 0 Å². The molecule has 7 heteroatoms. The first kappa shape index (κ1) is 23.7. The molecule has 0 bridgehead atoms. The van der Waals surface area contributed by atoms with E-state index in [4.69, 9.17) is 15.3 Å². The Balaban J connectivity index is -0.000000240. The highest BCUT2D eigenvalue weighted by Gasteiger charge is 2.00. The number of hydrogen-bond acceptors (Lipinski definition) is 5. The van der Waals surface area contributed by atoms with E-state index in [0.717, 1.165) is 6.26 Å². The molecule has 0 saturated heterocycles. The van der Waals surface area contributed by atoms with E-state index in [2.05, 4.69) is 24.5 Å². The summed E-state index contributed by atoms with van der Waals surface area (Å²) in [4.78, 5) is 29.4. The molecule has 0 aromatic rings. The molecule has 0 spiro atoms. The summed E-state index contributed by atoms with van der Waals surface area (Å²) in [6, 6.07) is 0. The normalized spacial score (nSPS) is 7.95. The summed E-state index contributed by atoms with van der Waals surface area (Å²) in [7, 11) is 0. The second-order valence-electron chi connectivity index (χ2n) is 3.60. The number of aliphatic hydroxyl groups excluding tert-OH is 1. The maximum Gasteiger partial charge on any atom is 0.330 e. The first-order valence-corrected chi connectivity index (χ1v) is 5.78. The van der Waals surface area contributed by atoms with Gasteiger partial charge in [0.25, 0.3) is 0 Å². The number of carbonyl (C=O) groups excluding carboxylic acids is 1. The molecule has 0 aromatic heterocycles. The predicted molar refractivity (Wildman–Crippen MR) is 77.5 cm³/mol. The molecule has 7 nitrogen and oxygen atoms in total. The third-order valence-corrected chi connectivity index (χ3v) is 1.55. The van der Waals surface area contributed by atoms with Gasteiger partial charge in [-0.05, 0) is 19.8 Å². The average molecular weight is 302 g/mol. The van der Waals surface area contributed by atoms with Gasteiger partial charge in [0.15, 0.2) is 0 Å². The van der Waals surface area contributed by atoms with Crippen molar-refractivity contribution in [2.24, 2.45) is 0 Å². The van der Waals surface area contributed by atoms with Crippen LogP contribution < -0.4 is 0 Å². The molecular formula is C14H22O7. The number of ether oxygens (including phenoxy) is 1. The van der Waals surface area contributed by atoms with Crippen LogP contribution in [0.4, 0.5) is 0 Å². The Bertz CT molecular complexity index is 371. The number of esters is 1. The van der Waals surface area contributed by atoms with Gasteiger partial charge in [-0.1, -0.05) is 19.7 Å². The van der Waals surface area contributed by atoms with Crippen molar-refractivity contribution in [3.8, 4) is 0 Å². The fraction of sp³-hybridized carbons (Fsp3) is 0.357. The van der Waals surface area contributed by atoms with E-state index in [-0.39, 0.29) is 23.7 Å². The molecule has 0 atom stereocenters. The van der Waals surface area contributed by atoms with Gasteiger partial charge in [-0.2, -0.15) is 0 Å². The van der Waals surface area contributed by atoms with Crippen molar-refractivity contribution < 1.29 is 34.4 Å². The number of carboxylic acids is 2. The molecule has 0 aromatic carbocycles. The lowest BCUT2D eigenvalue weighted by molar-refractivity contribution is -0.135. The second kappa shape index (κ2) is 15.6. The van der Waals surface area contributed by atoms with Crippen LogP contribution in [0.1, 0.15) is 26.7 Å². The summed E-state index contributed by atoms with van der Waals surface area (Å²) in [5.41, 5.74) is 0.332. The molecule has 0 heterocycles. The largest absolute Gasteiger partial charge is 0.478 e. The van der Waals surface area contributed by atoms with Crippen molar-refractivity contribution in [2.45, 2.75) is 26.7 Å². The van der Waals surface area contributed by atoms with Gasteiger partial charge < -0.3 is 20.1 Å². The Morgan fingerprint density at radius 3 is 1.67 bits per heavy atom. The summed E-state index contributed by atoms with van der Waals surface area (Å²) in [5.74, 6) is -2.25. The third kappa shape index (κ3) is 27.0. The fourth-order valence-electron chi connectivity index (χ4n) is 0.517. The number of hydrogen-bond donors (Lipinski definition) is 3. The van der Waals surface area contributed by atoms with E-state index in [1.54, 1.807) is 0 Å². The van der Waals surface area contributed by atoms with Crippen molar-refractivity contribution in [2.75, 3.05) is 6.61 Å². The summed E-state index contributed by atoms with van der Waals surface area (Å²) < 4.78 is 4.17. The van der Waals surface area contributed by atoms with E-state index < -0.39 is 11.9 Å². The zero-order valence-electron chi connectivity index (χ0n) is 12.3. The molecule has 3 N–H and O–H groups in total. The van der Waals surface area contributed by atoms with Crippen LogP contribution in [-0.2, 0) is 19.1 Å². The highest BCUT2D eigenvalue weighted by atomic mass is 16.5. The van der Waals surface area contributed by atoms with Gasteiger partial charge in [0.2, 0.25) is 0 Å². The van der Waals surface area contributed by atoms with Gasteiger partial charge in [0.1, 0.15) is 0 Å². The molecular weight excluding hydrogens is 280 g/mol. The van der Waals surface area contributed by atoms with Crippen LogP contribution in [0.5, 0.6) is 0 Å². The van der Waals surface area contributed by atoms with E-state index in [9.17, 15) is 14.4 Å². The van der Waals surface area contributed by atoms with Gasteiger partial charge in [-0.3, -0.25) is 4.79 Å². The number of carbonyl (C=O) groups is 3. The molecule has 0 fully saturated rings. The first-order chi connectivity index (χ1) is 9.59. The molecule has 120 valence electrons. The van der Waals surface area contributed by atoms with Crippen molar-refractivity contribution >= 4 is 17.9 Å². The van der Waals surface area contributed by atoms with Gasteiger partial charge in [-0.25, -0.2) is 9.59 Å². The predicted octanol–water partition coefficient (Wildman–Crippen LogP) is 1.74. The van der Waals surface area contributed by atoms with Crippen molar-refractivity contribution in [3.63, 3.8) is 0 Å². The van der Waals surface area contributed by atoms with E-state index in [0.29, 0.717) is 12.8 Å². The lowest BCUT2D eigenvalue weighted by atomic mass is 10.2. The summed E-state index contributed by atoms with van der Waals surface area (Å²) >= 11 is 0. The maximum absolute atomic E-state index is 10.0. The summed E-state index contributed by atoms with van der Waals surface area (Å²) in [6.45, 7) is 12.4. The summed E-state index contributed by atoms with van der Waals surface area (Å²) in [5, 5.41) is 24.4. The standard InChI is InChI=1S/C6H10O3.2C4H6O2/c1-5(6(8)9)3-2-4-7;1-3-6-4(2)5;1-3(2)4(5)6/h7H,1-4H2,(H,8,9);3H,1H2,2H3;1H2,2H3,(H,5,6). The van der Waals surface area contributed by atoms with Crippen molar-refractivity contribution in [3.05, 3.63) is 37.1 Å². The Morgan fingerprint density at radius 2 is 1.52 bits per heavy atom. The van der Waals surface area contributed by atoms with Crippen molar-refractivity contribution in [1.82, 2.24) is 0 Å². The Kier molecular flexibility index (Phi) is 17.6. The Labute approximate surface area is 123 Å². The summed E-state index contributed by atoms with van der Waals surface area (Å²) in [6.07, 6.45) is 1.94. The maximum atomic E-state index is 10.0. The average Bonchev–Trinajstić information content (AvgIpc) is 2.36. The topological polar surface area (TPSA) is 121 Å². The minimum atomic E-state index is -0.983. The van der Waals surface area contributed by atoms with Crippen LogP contribution in [0.3, 0.4) is 0 Å². The number of rotatable bonds is 6. The van der Waals surface area contributed by atoms with Crippen LogP contribution in [-0.4, -0.2) is 39.8 Å². The molecule has 0 unspecified atom stereocenters.